The molecule has 0 amide bonds. The van der Waals surface area contributed by atoms with Crippen LogP contribution in [0.15, 0.2) is 116 Å². The molecule has 1 aliphatic heterocycles. The van der Waals surface area contributed by atoms with E-state index in [2.05, 4.69) is 191 Å². The molecule has 2 aliphatic rings. The molecule has 0 unspecified atom stereocenters. The summed E-state index contributed by atoms with van der Waals surface area (Å²) in [5, 5.41) is 0. The zero-order valence-electron chi connectivity index (χ0n) is 39.5. The monoisotopic (exact) mass is 1020 g/mol. The molecule has 0 saturated heterocycles. The summed E-state index contributed by atoms with van der Waals surface area (Å²) < 4.78 is 15.0. The van der Waals surface area contributed by atoms with E-state index in [1.807, 2.05) is 57.9 Å². The van der Waals surface area contributed by atoms with Crippen molar-refractivity contribution < 1.29 is 34.9 Å². The number of nitrogens with zero attached hydrogens (tertiary/aromatic N) is 4. The van der Waals surface area contributed by atoms with Crippen LogP contribution in [0.2, 0.25) is 0 Å². The standard InChI is InChI=1S/C58H58N4O.Pt/c1-54(2,3)37-29-43-44-30-38(55(4,5)6)32-48(57(10,11)12)52(44)58(51(43)47(31-37)56(7,8)9)45-26-25-42(34-50(45)62-35-59(13)49-24-18-23-46(58)53(49)62)63-41-22-17-21-40(33-41)61-28-27-60(36-61)39-19-15-14-16-20-39;/h14-32H,1-13H3;/q-2;+4. The van der Waals surface area contributed by atoms with Gasteiger partial charge in [0.15, 0.2) is 0 Å². The summed E-state index contributed by atoms with van der Waals surface area (Å²) in [7, 11) is 2.10. The maximum Gasteiger partial charge on any atom is 4.00 e. The van der Waals surface area contributed by atoms with Crippen molar-refractivity contribution in [3.05, 3.63) is 185 Å². The first-order chi connectivity index (χ1) is 29.7. The van der Waals surface area contributed by atoms with Crippen LogP contribution < -0.4 is 13.9 Å². The molecule has 10 rings (SSSR count). The average Bonchev–Trinajstić information content (AvgIpc) is 3.93. The van der Waals surface area contributed by atoms with Gasteiger partial charge in [-0.3, -0.25) is 4.57 Å². The van der Waals surface area contributed by atoms with E-state index in [0.717, 1.165) is 28.1 Å². The molecule has 0 radical (unpaired) electrons. The fourth-order valence-electron chi connectivity index (χ4n) is 10.1. The average molecular weight is 1020 g/mol. The van der Waals surface area contributed by atoms with Gasteiger partial charge in [-0.15, -0.1) is 29.8 Å². The van der Waals surface area contributed by atoms with Gasteiger partial charge in [-0.1, -0.05) is 149 Å². The molecule has 1 aliphatic carbocycles. The Labute approximate surface area is 394 Å². The third kappa shape index (κ3) is 6.75. The van der Waals surface area contributed by atoms with Gasteiger partial charge in [0, 0.05) is 29.3 Å². The van der Waals surface area contributed by atoms with E-state index < -0.39 is 5.41 Å². The molecule has 0 bridgehead atoms. The summed E-state index contributed by atoms with van der Waals surface area (Å²) in [5.41, 5.74) is 17.2. The molecule has 324 valence electrons. The van der Waals surface area contributed by atoms with Crippen LogP contribution >= 0.6 is 0 Å². The minimum atomic E-state index is -0.674. The smallest absolute Gasteiger partial charge is 0.510 e. The SMILES string of the molecule is C[n+]1[c-]n2c3c(cccc31)C1(c3ccc(Oc4[c-]c(-[n+]5[c-]n(-c6ccccc6)cc5)ccc4)[c-]c3-2)c2c(cc(C(C)(C)C)cc2C(C)(C)C)-c2cc(C(C)(C)C)cc(C(C)(C)C)c21.[Pt+4]. The van der Waals surface area contributed by atoms with Crippen molar-refractivity contribution in [3.63, 3.8) is 0 Å². The number of rotatable bonds is 4. The first-order valence-corrected chi connectivity index (χ1v) is 22.3. The van der Waals surface area contributed by atoms with Gasteiger partial charge in [-0.2, -0.15) is 18.2 Å². The van der Waals surface area contributed by atoms with Crippen LogP contribution in [0.5, 0.6) is 11.5 Å². The number of aryl methyl sites for hydroxylation is 1. The fourth-order valence-corrected chi connectivity index (χ4v) is 10.1. The van der Waals surface area contributed by atoms with Crippen LogP contribution in [0.4, 0.5) is 0 Å². The Bertz CT molecular complexity index is 3060. The number of para-hydroxylation sites is 2. The molecule has 0 saturated carbocycles. The van der Waals surface area contributed by atoms with Crippen molar-refractivity contribution in [2.45, 2.75) is 110 Å². The van der Waals surface area contributed by atoms with Crippen LogP contribution in [-0.2, 0) is 55.2 Å². The number of fused-ring (bicyclic) bond motifs is 9. The number of aromatic nitrogens is 4. The summed E-state index contributed by atoms with van der Waals surface area (Å²) in [4.78, 5) is 0. The van der Waals surface area contributed by atoms with E-state index in [9.17, 15) is 0 Å². The number of imidazole rings is 2. The zero-order chi connectivity index (χ0) is 44.6. The topological polar surface area (TPSA) is 26.8 Å². The first-order valence-electron chi connectivity index (χ1n) is 22.3. The summed E-state index contributed by atoms with van der Waals surface area (Å²) in [6.45, 7) is 28.4. The van der Waals surface area contributed by atoms with Crippen molar-refractivity contribution in [1.29, 1.82) is 0 Å². The van der Waals surface area contributed by atoms with Crippen molar-refractivity contribution in [3.8, 4) is 39.7 Å². The van der Waals surface area contributed by atoms with Crippen molar-refractivity contribution in [1.82, 2.24) is 9.13 Å². The molecule has 0 fully saturated rings. The zero-order valence-corrected chi connectivity index (χ0v) is 41.8. The summed E-state index contributed by atoms with van der Waals surface area (Å²) in [6.07, 6.45) is 11.1. The van der Waals surface area contributed by atoms with E-state index in [-0.39, 0.29) is 42.7 Å². The number of ether oxygens (including phenoxy) is 1. The Hall–Kier alpha value is -5.51. The molecule has 6 aromatic carbocycles. The van der Waals surface area contributed by atoms with Gasteiger partial charge in [0.1, 0.15) is 0 Å². The minimum absolute atomic E-state index is 0. The van der Waals surface area contributed by atoms with Crippen molar-refractivity contribution in [2.24, 2.45) is 7.05 Å². The van der Waals surface area contributed by atoms with E-state index >= 15 is 0 Å². The van der Waals surface area contributed by atoms with Crippen LogP contribution in [0.1, 0.15) is 128 Å². The Kier molecular flexibility index (Phi) is 10.1. The van der Waals surface area contributed by atoms with Crippen molar-refractivity contribution in [2.75, 3.05) is 0 Å². The predicted molar refractivity (Wildman–Crippen MR) is 253 cm³/mol. The van der Waals surface area contributed by atoms with Gasteiger partial charge in [-0.05, 0) is 89.6 Å². The van der Waals surface area contributed by atoms with Crippen LogP contribution in [0.3, 0.4) is 0 Å². The molecule has 8 aromatic rings. The van der Waals surface area contributed by atoms with Gasteiger partial charge in [0.25, 0.3) is 6.33 Å². The summed E-state index contributed by atoms with van der Waals surface area (Å²) in [5.74, 6) is 1.21. The second-order valence-electron chi connectivity index (χ2n) is 21.9. The van der Waals surface area contributed by atoms with E-state index in [1.165, 1.54) is 55.6 Å². The minimum Gasteiger partial charge on any atom is -0.510 e. The normalized spacial score (nSPS) is 14.0. The molecular weight excluding hydrogens is 964 g/mol. The van der Waals surface area contributed by atoms with Crippen LogP contribution in [-0.4, -0.2) is 9.13 Å². The Balaban J connectivity index is 0.00000518. The fraction of sp³-hybridized carbons (Fsp3) is 0.310. The molecule has 1 spiro atoms. The Morgan fingerprint density at radius 1 is 0.578 bits per heavy atom. The summed E-state index contributed by atoms with van der Waals surface area (Å²) >= 11 is 0. The first kappa shape index (κ1) is 43.7. The third-order valence-electron chi connectivity index (χ3n) is 13.3. The molecule has 0 atom stereocenters. The number of hydrogen-bond acceptors (Lipinski definition) is 1. The molecule has 3 heterocycles. The van der Waals surface area contributed by atoms with Gasteiger partial charge in [0.2, 0.25) is 6.33 Å². The van der Waals surface area contributed by atoms with Gasteiger partial charge in [0.05, 0.1) is 23.8 Å². The second kappa shape index (κ2) is 14.8. The maximum atomic E-state index is 6.76. The van der Waals surface area contributed by atoms with Gasteiger partial charge >= 0.3 is 21.1 Å². The largest absolute Gasteiger partial charge is 4.00 e. The Morgan fingerprint density at radius 2 is 1.17 bits per heavy atom. The molecule has 5 nitrogen and oxygen atoms in total. The van der Waals surface area contributed by atoms with Crippen LogP contribution in [0.25, 0.3) is 39.2 Å². The number of benzene rings is 6. The van der Waals surface area contributed by atoms with Gasteiger partial charge in [-0.25, -0.2) is 0 Å². The van der Waals surface area contributed by atoms with E-state index in [0.29, 0.717) is 11.5 Å². The van der Waals surface area contributed by atoms with E-state index in [1.54, 1.807) is 0 Å². The van der Waals surface area contributed by atoms with E-state index in [4.69, 9.17) is 4.74 Å². The molecule has 0 N–H and O–H groups in total. The van der Waals surface area contributed by atoms with Crippen molar-refractivity contribution >= 4 is 11.0 Å². The molecular formula is C58H58N4OPt+2. The quantitative estimate of drug-likeness (QED) is 0.127. The molecule has 64 heavy (non-hydrogen) atoms. The third-order valence-corrected chi connectivity index (χ3v) is 13.3. The van der Waals surface area contributed by atoms with Crippen LogP contribution in [0, 0.1) is 24.8 Å². The molecule has 2 aromatic heterocycles. The second-order valence-corrected chi connectivity index (χ2v) is 21.9. The van der Waals surface area contributed by atoms with Gasteiger partial charge < -0.3 is 18.4 Å². The maximum absolute atomic E-state index is 6.76. The summed E-state index contributed by atoms with van der Waals surface area (Å²) in [6, 6.07) is 45.0. The molecule has 6 heteroatoms. The Morgan fingerprint density at radius 3 is 1.77 bits per heavy atom. The predicted octanol–water partition coefficient (Wildman–Crippen LogP) is 12.4. The number of hydrogen-bond donors (Lipinski definition) is 0.